The maximum absolute atomic E-state index is 11.0. The van der Waals surface area contributed by atoms with Gasteiger partial charge in [0.15, 0.2) is 0 Å². The second kappa shape index (κ2) is 16.5. The maximum Gasteiger partial charge on any atom is 0.490 e. The fourth-order valence-corrected chi connectivity index (χ4v) is 3.90. The second-order valence-corrected chi connectivity index (χ2v) is 9.54. The number of carbonyl (C=O) groups is 3. The van der Waals surface area contributed by atoms with E-state index in [1.54, 1.807) is 19.2 Å². The normalized spacial score (nSPS) is 14.6. The number of methoxy groups -OCH3 is 1. The van der Waals surface area contributed by atoms with Crippen LogP contribution in [-0.4, -0.2) is 77.0 Å². The number of aliphatic hydroxyl groups excluding tert-OH is 1. The Kier molecular flexibility index (Phi) is 13.4. The van der Waals surface area contributed by atoms with Crippen molar-refractivity contribution in [2.24, 2.45) is 0 Å². The molecular formula is C30H29F6NO9. The molecule has 0 radical (unpaired) electrons. The zero-order chi connectivity index (χ0) is 34.7. The standard InChI is InChI=1S/C26H27NO5.2C2HF3O2/c1-31-22-10-6-18(7-11-22)24(28)16-27-15-23-12-8-21-14-20(9-13-25(21)32-23)17-2-4-19(5-3-17)26(29)30;2*3-2(4,5)1(6)7/h2-7,9-11,13-14,23-24,27-28H,8,12,15-16H2,1H3,(H,29,30);2*(H,6,7)/t23-,24?;;/m1../s1. The summed E-state index contributed by atoms with van der Waals surface area (Å²) >= 11 is 0. The van der Waals surface area contributed by atoms with Crippen LogP contribution in [0.1, 0.15) is 34.0 Å². The van der Waals surface area contributed by atoms with E-state index in [2.05, 4.69) is 11.4 Å². The summed E-state index contributed by atoms with van der Waals surface area (Å²) in [5.41, 5.74) is 4.30. The number of carboxylic acids is 3. The molecule has 0 saturated carbocycles. The van der Waals surface area contributed by atoms with Crippen LogP contribution in [-0.2, 0) is 16.0 Å². The Morgan fingerprint density at radius 3 is 1.87 bits per heavy atom. The topological polar surface area (TPSA) is 163 Å². The van der Waals surface area contributed by atoms with Crippen LogP contribution in [0.4, 0.5) is 26.3 Å². The Bertz CT molecular complexity index is 1440. The number of halogens is 6. The lowest BCUT2D eigenvalue weighted by Gasteiger charge is -2.27. The molecule has 1 aliphatic heterocycles. The van der Waals surface area contributed by atoms with E-state index >= 15 is 0 Å². The van der Waals surface area contributed by atoms with Crippen molar-refractivity contribution in [1.82, 2.24) is 5.32 Å². The van der Waals surface area contributed by atoms with Gasteiger partial charge in [-0.25, -0.2) is 14.4 Å². The predicted octanol–water partition coefficient (Wildman–Crippen LogP) is 5.34. The van der Waals surface area contributed by atoms with Gasteiger partial charge < -0.3 is 35.2 Å². The summed E-state index contributed by atoms with van der Waals surface area (Å²) in [6.07, 6.45) is -8.91. The van der Waals surface area contributed by atoms with Crippen molar-refractivity contribution in [3.05, 3.63) is 83.4 Å². The number of alkyl halides is 6. The summed E-state index contributed by atoms with van der Waals surface area (Å²) in [7, 11) is 1.62. The minimum absolute atomic E-state index is 0.0475. The molecule has 0 fully saturated rings. The van der Waals surface area contributed by atoms with Gasteiger partial charge in [0.05, 0.1) is 18.8 Å². The molecule has 3 aromatic rings. The molecule has 46 heavy (non-hydrogen) atoms. The number of hydrogen-bond acceptors (Lipinski definition) is 7. The van der Waals surface area contributed by atoms with Gasteiger partial charge in [0.2, 0.25) is 0 Å². The Morgan fingerprint density at radius 1 is 0.870 bits per heavy atom. The molecule has 0 amide bonds. The molecule has 250 valence electrons. The monoisotopic (exact) mass is 661 g/mol. The van der Waals surface area contributed by atoms with Crippen LogP contribution in [0.15, 0.2) is 66.7 Å². The Hall–Kier alpha value is -4.83. The lowest BCUT2D eigenvalue weighted by atomic mass is 9.96. The number of ether oxygens (including phenoxy) is 2. The molecule has 2 atom stereocenters. The first kappa shape index (κ1) is 37.4. The van der Waals surface area contributed by atoms with E-state index in [1.807, 2.05) is 48.5 Å². The van der Waals surface area contributed by atoms with Gasteiger partial charge in [0, 0.05) is 13.1 Å². The van der Waals surface area contributed by atoms with Crippen molar-refractivity contribution in [2.75, 3.05) is 20.2 Å². The van der Waals surface area contributed by atoms with Crippen LogP contribution >= 0.6 is 0 Å². The number of aryl methyl sites for hydroxylation is 1. The van der Waals surface area contributed by atoms with E-state index in [1.165, 1.54) is 0 Å². The van der Waals surface area contributed by atoms with Crippen LogP contribution in [0.2, 0.25) is 0 Å². The molecule has 1 unspecified atom stereocenters. The van der Waals surface area contributed by atoms with Crippen molar-refractivity contribution in [3.8, 4) is 22.6 Å². The highest BCUT2D eigenvalue weighted by atomic mass is 19.4. The number of aromatic carboxylic acids is 1. The smallest absolute Gasteiger partial charge is 0.490 e. The third kappa shape index (κ3) is 11.9. The minimum Gasteiger partial charge on any atom is -0.497 e. The number of rotatable bonds is 8. The largest absolute Gasteiger partial charge is 0.497 e. The van der Waals surface area contributed by atoms with Crippen LogP contribution in [0, 0.1) is 0 Å². The minimum atomic E-state index is -5.08. The Balaban J connectivity index is 0.000000440. The molecule has 0 bridgehead atoms. The molecule has 0 aliphatic carbocycles. The van der Waals surface area contributed by atoms with Crippen LogP contribution in [0.5, 0.6) is 11.5 Å². The zero-order valence-corrected chi connectivity index (χ0v) is 23.9. The summed E-state index contributed by atoms with van der Waals surface area (Å²) in [4.78, 5) is 28.8. The van der Waals surface area contributed by atoms with Crippen LogP contribution < -0.4 is 14.8 Å². The van der Waals surface area contributed by atoms with Gasteiger partial charge in [-0.15, -0.1) is 0 Å². The first-order valence-electron chi connectivity index (χ1n) is 13.2. The van der Waals surface area contributed by atoms with Gasteiger partial charge in [0.1, 0.15) is 17.6 Å². The third-order valence-corrected chi connectivity index (χ3v) is 6.25. The lowest BCUT2D eigenvalue weighted by Crippen LogP contribution is -2.36. The fraction of sp³-hybridized carbons (Fsp3) is 0.300. The summed E-state index contributed by atoms with van der Waals surface area (Å²) in [5, 5.41) is 37.0. The summed E-state index contributed by atoms with van der Waals surface area (Å²) in [5.74, 6) is -4.79. The summed E-state index contributed by atoms with van der Waals surface area (Å²) in [6, 6.07) is 20.4. The number of fused-ring (bicyclic) bond motifs is 1. The number of aliphatic hydroxyl groups is 1. The molecule has 0 spiro atoms. The number of hydrogen-bond donors (Lipinski definition) is 5. The van der Waals surface area contributed by atoms with Gasteiger partial charge in [-0.05, 0) is 71.5 Å². The molecule has 16 heteroatoms. The second-order valence-electron chi connectivity index (χ2n) is 9.54. The molecule has 1 heterocycles. The summed E-state index contributed by atoms with van der Waals surface area (Å²) in [6.45, 7) is 1.11. The molecule has 0 aromatic heterocycles. The van der Waals surface area contributed by atoms with E-state index in [0.717, 1.165) is 46.6 Å². The van der Waals surface area contributed by atoms with Crippen molar-refractivity contribution in [2.45, 2.75) is 37.4 Å². The van der Waals surface area contributed by atoms with Gasteiger partial charge in [0.25, 0.3) is 0 Å². The Labute approximate surface area is 257 Å². The lowest BCUT2D eigenvalue weighted by molar-refractivity contribution is -0.193. The van der Waals surface area contributed by atoms with Crippen LogP contribution in [0.25, 0.3) is 11.1 Å². The van der Waals surface area contributed by atoms with E-state index < -0.39 is 36.4 Å². The molecular weight excluding hydrogens is 632 g/mol. The molecule has 0 saturated heterocycles. The fourth-order valence-electron chi connectivity index (χ4n) is 3.90. The number of aliphatic carboxylic acids is 2. The highest BCUT2D eigenvalue weighted by molar-refractivity contribution is 5.88. The van der Waals surface area contributed by atoms with Crippen molar-refractivity contribution in [1.29, 1.82) is 0 Å². The van der Waals surface area contributed by atoms with Crippen LogP contribution in [0.3, 0.4) is 0 Å². The number of nitrogens with one attached hydrogen (secondary N) is 1. The molecule has 10 nitrogen and oxygen atoms in total. The van der Waals surface area contributed by atoms with E-state index in [0.29, 0.717) is 13.1 Å². The van der Waals surface area contributed by atoms with E-state index in [9.17, 15) is 36.2 Å². The van der Waals surface area contributed by atoms with Gasteiger partial charge >= 0.3 is 30.3 Å². The maximum atomic E-state index is 11.0. The van der Waals surface area contributed by atoms with Gasteiger partial charge in [-0.3, -0.25) is 0 Å². The van der Waals surface area contributed by atoms with E-state index in [-0.39, 0.29) is 11.7 Å². The molecule has 3 aromatic carbocycles. The molecule has 4 rings (SSSR count). The molecule has 1 aliphatic rings. The van der Waals surface area contributed by atoms with Crippen molar-refractivity contribution >= 4 is 17.9 Å². The Morgan fingerprint density at radius 2 is 1.39 bits per heavy atom. The average molecular weight is 662 g/mol. The SMILES string of the molecule is COc1ccc(C(O)CNC[C@H]2CCc3cc(-c4ccc(C(=O)O)cc4)ccc3O2)cc1.O=C(O)C(F)(F)F.O=C(O)C(F)(F)F. The van der Waals surface area contributed by atoms with Crippen molar-refractivity contribution in [3.63, 3.8) is 0 Å². The summed E-state index contributed by atoms with van der Waals surface area (Å²) < 4.78 is 74.8. The zero-order valence-electron chi connectivity index (χ0n) is 23.9. The predicted molar refractivity (Wildman–Crippen MR) is 150 cm³/mol. The third-order valence-electron chi connectivity index (χ3n) is 6.25. The first-order chi connectivity index (χ1) is 21.4. The van der Waals surface area contributed by atoms with Gasteiger partial charge in [-0.2, -0.15) is 26.3 Å². The number of carboxylic acid groups (broad SMARTS) is 3. The van der Waals surface area contributed by atoms with E-state index in [4.69, 9.17) is 34.4 Å². The quantitative estimate of drug-likeness (QED) is 0.199. The van der Waals surface area contributed by atoms with Crippen molar-refractivity contribution < 1.29 is 70.6 Å². The highest BCUT2D eigenvalue weighted by Crippen LogP contribution is 2.32. The number of benzene rings is 3. The van der Waals surface area contributed by atoms with Gasteiger partial charge in [-0.1, -0.05) is 30.3 Å². The molecule has 5 N–H and O–H groups in total. The first-order valence-corrected chi connectivity index (χ1v) is 13.2. The highest BCUT2D eigenvalue weighted by Gasteiger charge is 2.38. The average Bonchev–Trinajstić information content (AvgIpc) is 3.00.